The fraction of sp³-hybridized carbons (Fsp3) is 0.235. The molecule has 0 radical (unpaired) electrons. The molecular formula is C17H15BrClNO3. The second-order valence-electron chi connectivity index (χ2n) is 5.20. The van der Waals surface area contributed by atoms with Gasteiger partial charge in [0.25, 0.3) is 5.91 Å². The van der Waals surface area contributed by atoms with Gasteiger partial charge in [0.2, 0.25) is 0 Å². The first-order chi connectivity index (χ1) is 11.1. The van der Waals surface area contributed by atoms with Gasteiger partial charge in [-0.25, -0.2) is 0 Å². The maximum Gasteiger partial charge on any atom is 0.251 e. The molecule has 2 aromatic carbocycles. The molecule has 0 spiro atoms. The molecule has 1 heterocycles. The number of ether oxygens (including phenoxy) is 2. The molecule has 0 saturated carbocycles. The van der Waals surface area contributed by atoms with E-state index in [-0.39, 0.29) is 11.9 Å². The number of halogens is 2. The third-order valence-electron chi connectivity index (χ3n) is 3.58. The number of benzene rings is 2. The summed E-state index contributed by atoms with van der Waals surface area (Å²) in [6.07, 6.45) is 0. The van der Waals surface area contributed by atoms with E-state index >= 15 is 0 Å². The number of carbonyl (C=O) groups is 1. The van der Waals surface area contributed by atoms with E-state index in [0.29, 0.717) is 35.3 Å². The molecule has 0 bridgehead atoms. The van der Waals surface area contributed by atoms with E-state index < -0.39 is 0 Å². The van der Waals surface area contributed by atoms with Gasteiger partial charge in [-0.05, 0) is 30.7 Å². The number of hydrogen-bond acceptors (Lipinski definition) is 3. The minimum Gasteiger partial charge on any atom is -0.486 e. The summed E-state index contributed by atoms with van der Waals surface area (Å²) in [6, 6.07) is 10.9. The molecule has 0 fully saturated rings. The summed E-state index contributed by atoms with van der Waals surface area (Å²) in [5.41, 5.74) is 1.45. The lowest BCUT2D eigenvalue weighted by molar-refractivity contribution is 0.0938. The first-order valence-electron chi connectivity index (χ1n) is 7.20. The molecule has 120 valence electrons. The second-order valence-corrected chi connectivity index (χ2v) is 6.46. The second kappa shape index (κ2) is 6.81. The highest BCUT2D eigenvalue weighted by molar-refractivity contribution is 9.10. The third kappa shape index (κ3) is 3.46. The van der Waals surface area contributed by atoms with Crippen LogP contribution >= 0.6 is 27.5 Å². The molecule has 3 rings (SSSR count). The minimum atomic E-state index is -0.216. The van der Waals surface area contributed by atoms with Crippen LogP contribution in [0.1, 0.15) is 28.9 Å². The lowest BCUT2D eigenvalue weighted by Crippen LogP contribution is -2.27. The van der Waals surface area contributed by atoms with Crippen molar-refractivity contribution in [2.45, 2.75) is 13.0 Å². The number of rotatable bonds is 3. The van der Waals surface area contributed by atoms with Gasteiger partial charge >= 0.3 is 0 Å². The Hall–Kier alpha value is -1.72. The van der Waals surface area contributed by atoms with Crippen molar-refractivity contribution in [3.63, 3.8) is 0 Å². The lowest BCUT2D eigenvalue weighted by atomic mass is 10.1. The van der Waals surface area contributed by atoms with Gasteiger partial charge in [0, 0.05) is 10.0 Å². The fourth-order valence-corrected chi connectivity index (χ4v) is 3.32. The number of hydrogen-bond donors (Lipinski definition) is 1. The summed E-state index contributed by atoms with van der Waals surface area (Å²) in [6.45, 7) is 2.83. The normalized spacial score (nSPS) is 14.2. The Kier molecular flexibility index (Phi) is 4.78. The predicted octanol–water partition coefficient (Wildman–Crippen LogP) is 4.36. The number of carbonyl (C=O) groups excluding carboxylic acids is 1. The average molecular weight is 397 g/mol. The Balaban J connectivity index is 1.81. The predicted molar refractivity (Wildman–Crippen MR) is 92.5 cm³/mol. The number of fused-ring (bicyclic) bond motifs is 1. The zero-order chi connectivity index (χ0) is 16.4. The third-order valence-corrected chi connectivity index (χ3v) is 4.58. The van der Waals surface area contributed by atoms with E-state index in [1.165, 1.54) is 0 Å². The highest BCUT2D eigenvalue weighted by atomic mass is 79.9. The summed E-state index contributed by atoms with van der Waals surface area (Å²) in [7, 11) is 0. The van der Waals surface area contributed by atoms with E-state index in [2.05, 4.69) is 21.2 Å². The maximum atomic E-state index is 12.5. The Morgan fingerprint density at radius 1 is 1.26 bits per heavy atom. The SMILES string of the molecule is C[C@@H](NC(=O)c1cc(Cl)c2c(c1)OCCO2)c1ccccc1Br. The molecule has 4 nitrogen and oxygen atoms in total. The summed E-state index contributed by atoms with van der Waals surface area (Å²) in [5.74, 6) is 0.780. The molecule has 6 heteroatoms. The molecule has 0 saturated heterocycles. The highest BCUT2D eigenvalue weighted by Crippen LogP contribution is 2.38. The number of amides is 1. The van der Waals surface area contributed by atoms with Gasteiger partial charge in [-0.2, -0.15) is 0 Å². The van der Waals surface area contributed by atoms with Crippen molar-refractivity contribution in [1.29, 1.82) is 0 Å². The molecule has 1 aliphatic heterocycles. The summed E-state index contributed by atoms with van der Waals surface area (Å²) in [4.78, 5) is 12.5. The van der Waals surface area contributed by atoms with Crippen LogP contribution in [-0.4, -0.2) is 19.1 Å². The average Bonchev–Trinajstić information content (AvgIpc) is 2.55. The molecule has 1 amide bonds. The van der Waals surface area contributed by atoms with Gasteiger partial charge in [-0.3, -0.25) is 4.79 Å². The molecule has 1 atom stereocenters. The van der Waals surface area contributed by atoms with Crippen LogP contribution in [-0.2, 0) is 0 Å². The van der Waals surface area contributed by atoms with E-state index in [9.17, 15) is 4.79 Å². The van der Waals surface area contributed by atoms with Gasteiger partial charge in [-0.15, -0.1) is 0 Å². The first-order valence-corrected chi connectivity index (χ1v) is 8.38. The molecule has 1 aliphatic rings. The molecular weight excluding hydrogens is 382 g/mol. The van der Waals surface area contributed by atoms with Crippen LogP contribution in [0.2, 0.25) is 5.02 Å². The highest BCUT2D eigenvalue weighted by Gasteiger charge is 2.20. The van der Waals surface area contributed by atoms with Crippen LogP contribution in [0.4, 0.5) is 0 Å². The molecule has 0 unspecified atom stereocenters. The number of nitrogens with one attached hydrogen (secondary N) is 1. The van der Waals surface area contributed by atoms with Crippen molar-refractivity contribution in [2.75, 3.05) is 13.2 Å². The van der Waals surface area contributed by atoms with E-state index in [4.69, 9.17) is 21.1 Å². The zero-order valence-electron chi connectivity index (χ0n) is 12.4. The standard InChI is InChI=1S/C17H15BrClNO3/c1-10(12-4-2-3-5-13(12)18)20-17(21)11-8-14(19)16-15(9-11)22-6-7-23-16/h2-5,8-10H,6-7H2,1H3,(H,20,21)/t10-/m1/s1. The van der Waals surface area contributed by atoms with Crippen LogP contribution in [0, 0.1) is 0 Å². The Labute approximate surface area is 147 Å². The van der Waals surface area contributed by atoms with Crippen LogP contribution in [0.15, 0.2) is 40.9 Å². The van der Waals surface area contributed by atoms with Gasteiger partial charge in [0.1, 0.15) is 13.2 Å². The van der Waals surface area contributed by atoms with Crippen molar-refractivity contribution in [3.05, 3.63) is 57.0 Å². The van der Waals surface area contributed by atoms with E-state index in [1.54, 1.807) is 12.1 Å². The topological polar surface area (TPSA) is 47.6 Å². The van der Waals surface area contributed by atoms with Crippen LogP contribution in [0.25, 0.3) is 0 Å². The monoisotopic (exact) mass is 395 g/mol. The quantitative estimate of drug-likeness (QED) is 0.838. The van der Waals surface area contributed by atoms with Gasteiger partial charge in [-0.1, -0.05) is 45.7 Å². The maximum absolute atomic E-state index is 12.5. The van der Waals surface area contributed by atoms with Crippen LogP contribution in [0.3, 0.4) is 0 Å². The van der Waals surface area contributed by atoms with Gasteiger partial charge in [0.05, 0.1) is 11.1 Å². The van der Waals surface area contributed by atoms with Crippen molar-refractivity contribution in [1.82, 2.24) is 5.32 Å². The van der Waals surface area contributed by atoms with Crippen molar-refractivity contribution in [3.8, 4) is 11.5 Å². The zero-order valence-corrected chi connectivity index (χ0v) is 14.8. The largest absolute Gasteiger partial charge is 0.486 e. The van der Waals surface area contributed by atoms with Crippen LogP contribution in [0.5, 0.6) is 11.5 Å². The lowest BCUT2D eigenvalue weighted by Gasteiger charge is -2.21. The summed E-state index contributed by atoms with van der Waals surface area (Å²) < 4.78 is 11.9. The van der Waals surface area contributed by atoms with E-state index in [0.717, 1.165) is 10.0 Å². The molecule has 0 aromatic heterocycles. The molecule has 2 aromatic rings. The minimum absolute atomic E-state index is 0.148. The van der Waals surface area contributed by atoms with Gasteiger partial charge in [0.15, 0.2) is 11.5 Å². The van der Waals surface area contributed by atoms with Crippen molar-refractivity contribution in [2.24, 2.45) is 0 Å². The Bertz CT molecular complexity index is 751. The Morgan fingerprint density at radius 3 is 2.78 bits per heavy atom. The summed E-state index contributed by atoms with van der Waals surface area (Å²) >= 11 is 9.67. The van der Waals surface area contributed by atoms with Crippen LogP contribution < -0.4 is 14.8 Å². The summed E-state index contributed by atoms with van der Waals surface area (Å²) in [5, 5.41) is 3.34. The smallest absolute Gasteiger partial charge is 0.251 e. The first kappa shape index (κ1) is 16.1. The van der Waals surface area contributed by atoms with Gasteiger partial charge < -0.3 is 14.8 Å². The molecule has 0 aliphatic carbocycles. The fourth-order valence-electron chi connectivity index (χ4n) is 2.43. The molecule has 1 N–H and O–H groups in total. The molecule has 23 heavy (non-hydrogen) atoms. The van der Waals surface area contributed by atoms with Crippen molar-refractivity contribution >= 4 is 33.4 Å². The van der Waals surface area contributed by atoms with Crippen molar-refractivity contribution < 1.29 is 14.3 Å². The van der Waals surface area contributed by atoms with E-state index in [1.807, 2.05) is 31.2 Å². The Morgan fingerprint density at radius 2 is 2.00 bits per heavy atom.